The first-order valence-electron chi connectivity index (χ1n) is 5.54. The van der Waals surface area contributed by atoms with Crippen LogP contribution in [0.1, 0.15) is 19.2 Å². The van der Waals surface area contributed by atoms with Crippen LogP contribution in [0.15, 0.2) is 12.4 Å². The van der Waals surface area contributed by atoms with Gasteiger partial charge in [-0.3, -0.25) is 0 Å². The summed E-state index contributed by atoms with van der Waals surface area (Å²) in [5.74, 6) is 1.74. The normalized spacial score (nSPS) is 23.2. The molecule has 1 aromatic rings. The highest BCUT2D eigenvalue weighted by Gasteiger charge is 2.21. The third-order valence-electron chi connectivity index (χ3n) is 3.18. The van der Waals surface area contributed by atoms with E-state index in [1.54, 1.807) is 0 Å². The summed E-state index contributed by atoms with van der Waals surface area (Å²) in [6.45, 7) is 4.87. The van der Waals surface area contributed by atoms with Crippen molar-refractivity contribution in [2.24, 2.45) is 13.0 Å². The van der Waals surface area contributed by atoms with E-state index in [0.29, 0.717) is 12.0 Å². The maximum atomic E-state index is 5.38. The third-order valence-corrected chi connectivity index (χ3v) is 3.18. The van der Waals surface area contributed by atoms with Crippen LogP contribution in [0.2, 0.25) is 0 Å². The monoisotopic (exact) mass is 209 g/mol. The summed E-state index contributed by atoms with van der Waals surface area (Å²) in [5.41, 5.74) is 0. The third kappa shape index (κ3) is 2.58. The molecule has 4 nitrogen and oxygen atoms in total. The van der Waals surface area contributed by atoms with Gasteiger partial charge in [0.05, 0.1) is 13.2 Å². The molecule has 15 heavy (non-hydrogen) atoms. The average Bonchev–Trinajstić information content (AvgIpc) is 2.85. The molecule has 2 rings (SSSR count). The Morgan fingerprint density at radius 3 is 3.20 bits per heavy atom. The Labute approximate surface area is 90.6 Å². The van der Waals surface area contributed by atoms with Crippen molar-refractivity contribution in [2.45, 2.75) is 25.9 Å². The van der Waals surface area contributed by atoms with Crippen molar-refractivity contribution in [3.8, 4) is 0 Å². The number of hydrogen-bond donors (Lipinski definition) is 1. The molecule has 2 atom stereocenters. The van der Waals surface area contributed by atoms with Crippen molar-refractivity contribution >= 4 is 0 Å². The largest absolute Gasteiger partial charge is 0.381 e. The number of rotatable bonds is 4. The van der Waals surface area contributed by atoms with Gasteiger partial charge < -0.3 is 14.6 Å². The summed E-state index contributed by atoms with van der Waals surface area (Å²) in [6, 6.07) is 0.504. The van der Waals surface area contributed by atoms with Crippen molar-refractivity contribution in [3.63, 3.8) is 0 Å². The van der Waals surface area contributed by atoms with Crippen molar-refractivity contribution in [1.29, 1.82) is 0 Å². The lowest BCUT2D eigenvalue weighted by Crippen LogP contribution is -2.34. The SMILES string of the molecule is CC(NCc1nccn1C)C1CCOC1. The second-order valence-corrected chi connectivity index (χ2v) is 4.25. The molecule has 1 aliphatic rings. The van der Waals surface area contributed by atoms with Crippen LogP contribution < -0.4 is 5.32 Å². The Balaban J connectivity index is 1.80. The van der Waals surface area contributed by atoms with Gasteiger partial charge in [-0.15, -0.1) is 0 Å². The Hall–Kier alpha value is -0.870. The fraction of sp³-hybridized carbons (Fsp3) is 0.727. The van der Waals surface area contributed by atoms with Crippen molar-refractivity contribution < 1.29 is 4.74 Å². The van der Waals surface area contributed by atoms with Gasteiger partial charge >= 0.3 is 0 Å². The quantitative estimate of drug-likeness (QED) is 0.802. The van der Waals surface area contributed by atoms with E-state index < -0.39 is 0 Å². The lowest BCUT2D eigenvalue weighted by molar-refractivity contribution is 0.178. The Kier molecular flexibility index (Phi) is 3.38. The van der Waals surface area contributed by atoms with Gasteiger partial charge in [0.1, 0.15) is 5.82 Å². The maximum Gasteiger partial charge on any atom is 0.122 e. The van der Waals surface area contributed by atoms with E-state index in [0.717, 1.165) is 25.6 Å². The summed E-state index contributed by atoms with van der Waals surface area (Å²) < 4.78 is 7.42. The molecule has 1 aromatic heterocycles. The molecule has 0 spiro atoms. The number of ether oxygens (including phenoxy) is 1. The number of nitrogens with one attached hydrogen (secondary N) is 1. The molecule has 2 unspecified atom stereocenters. The molecule has 1 saturated heterocycles. The van der Waals surface area contributed by atoms with Gasteiger partial charge in [-0.25, -0.2) is 4.98 Å². The zero-order chi connectivity index (χ0) is 10.7. The molecular formula is C11H19N3O. The Morgan fingerprint density at radius 2 is 2.60 bits per heavy atom. The van der Waals surface area contributed by atoms with Gasteiger partial charge in [-0.05, 0) is 19.3 Å². The van der Waals surface area contributed by atoms with Crippen LogP contribution in [0.4, 0.5) is 0 Å². The molecule has 1 N–H and O–H groups in total. The molecular weight excluding hydrogens is 190 g/mol. The van der Waals surface area contributed by atoms with Crippen molar-refractivity contribution in [3.05, 3.63) is 18.2 Å². The molecule has 1 aliphatic heterocycles. The van der Waals surface area contributed by atoms with Crippen molar-refractivity contribution in [1.82, 2.24) is 14.9 Å². The fourth-order valence-electron chi connectivity index (χ4n) is 1.93. The molecule has 0 radical (unpaired) electrons. The molecule has 0 aliphatic carbocycles. The standard InChI is InChI=1S/C11H19N3O/c1-9(10-3-6-15-8-10)13-7-11-12-4-5-14(11)2/h4-5,9-10,13H,3,6-8H2,1-2H3. The van der Waals surface area contributed by atoms with E-state index in [2.05, 4.69) is 17.2 Å². The first-order valence-corrected chi connectivity index (χ1v) is 5.54. The predicted octanol–water partition coefficient (Wildman–Crippen LogP) is 0.935. The van der Waals surface area contributed by atoms with Gasteiger partial charge in [0.2, 0.25) is 0 Å². The molecule has 0 amide bonds. The van der Waals surface area contributed by atoms with Crippen molar-refractivity contribution in [2.75, 3.05) is 13.2 Å². The van der Waals surface area contributed by atoms with Crippen LogP contribution >= 0.6 is 0 Å². The second kappa shape index (κ2) is 4.77. The minimum atomic E-state index is 0.504. The fourth-order valence-corrected chi connectivity index (χ4v) is 1.93. The molecule has 0 saturated carbocycles. The first kappa shape index (κ1) is 10.6. The number of aromatic nitrogens is 2. The molecule has 4 heteroatoms. The number of hydrogen-bond acceptors (Lipinski definition) is 3. The Morgan fingerprint density at radius 1 is 1.73 bits per heavy atom. The average molecular weight is 209 g/mol. The Bertz CT molecular complexity index is 305. The molecule has 2 heterocycles. The topological polar surface area (TPSA) is 39.1 Å². The number of nitrogens with zero attached hydrogens (tertiary/aromatic N) is 2. The summed E-state index contributed by atoms with van der Waals surface area (Å²) in [7, 11) is 2.02. The zero-order valence-corrected chi connectivity index (χ0v) is 9.44. The van der Waals surface area contributed by atoms with Crippen LogP contribution in [-0.4, -0.2) is 28.8 Å². The maximum absolute atomic E-state index is 5.38. The van der Waals surface area contributed by atoms with Gasteiger partial charge in [0.15, 0.2) is 0 Å². The minimum Gasteiger partial charge on any atom is -0.381 e. The van der Waals surface area contributed by atoms with Crippen LogP contribution in [0.3, 0.4) is 0 Å². The highest BCUT2D eigenvalue weighted by molar-refractivity contribution is 4.91. The van der Waals surface area contributed by atoms with Gasteiger partial charge in [-0.2, -0.15) is 0 Å². The van der Waals surface area contributed by atoms with Gasteiger partial charge in [0, 0.05) is 32.1 Å². The van der Waals surface area contributed by atoms with Gasteiger partial charge in [0.25, 0.3) is 0 Å². The van der Waals surface area contributed by atoms with E-state index in [9.17, 15) is 0 Å². The van der Waals surface area contributed by atoms with Gasteiger partial charge in [-0.1, -0.05) is 0 Å². The summed E-state index contributed by atoms with van der Waals surface area (Å²) in [6.07, 6.45) is 4.98. The highest BCUT2D eigenvalue weighted by Crippen LogP contribution is 2.16. The lowest BCUT2D eigenvalue weighted by atomic mass is 10.0. The molecule has 84 valence electrons. The molecule has 0 bridgehead atoms. The second-order valence-electron chi connectivity index (χ2n) is 4.25. The van der Waals surface area contributed by atoms with Crippen LogP contribution in [0.25, 0.3) is 0 Å². The van der Waals surface area contributed by atoms with E-state index in [4.69, 9.17) is 4.74 Å². The van der Waals surface area contributed by atoms with E-state index in [-0.39, 0.29) is 0 Å². The van der Waals surface area contributed by atoms with Crippen LogP contribution in [0.5, 0.6) is 0 Å². The first-order chi connectivity index (χ1) is 7.27. The van der Waals surface area contributed by atoms with E-state index >= 15 is 0 Å². The predicted molar refractivity (Wildman–Crippen MR) is 58.4 cm³/mol. The van der Waals surface area contributed by atoms with Crippen LogP contribution in [-0.2, 0) is 18.3 Å². The lowest BCUT2D eigenvalue weighted by Gasteiger charge is -2.18. The summed E-state index contributed by atoms with van der Waals surface area (Å²) >= 11 is 0. The zero-order valence-electron chi connectivity index (χ0n) is 9.44. The summed E-state index contributed by atoms with van der Waals surface area (Å²) in [4.78, 5) is 4.28. The summed E-state index contributed by atoms with van der Waals surface area (Å²) in [5, 5.41) is 3.50. The number of aryl methyl sites for hydroxylation is 1. The van der Waals surface area contributed by atoms with E-state index in [1.165, 1.54) is 6.42 Å². The molecule has 1 fully saturated rings. The smallest absolute Gasteiger partial charge is 0.122 e. The van der Waals surface area contributed by atoms with E-state index in [1.807, 2.05) is 24.0 Å². The number of imidazole rings is 1. The molecule has 0 aromatic carbocycles. The minimum absolute atomic E-state index is 0.504. The highest BCUT2D eigenvalue weighted by atomic mass is 16.5. The van der Waals surface area contributed by atoms with Crippen LogP contribution in [0, 0.1) is 5.92 Å².